The van der Waals surface area contributed by atoms with Gasteiger partial charge in [0.1, 0.15) is 24.3 Å². The molecule has 0 aromatic carbocycles. The molecule has 0 unspecified atom stereocenters. The van der Waals surface area contributed by atoms with Gasteiger partial charge in [-0.05, 0) is 24.3 Å². The van der Waals surface area contributed by atoms with E-state index in [0.29, 0.717) is 16.6 Å². The first kappa shape index (κ1) is 14.5. The first-order valence-corrected chi connectivity index (χ1v) is 6.08. The molecule has 0 saturated carbocycles. The molecule has 3 N–H and O–H groups in total. The van der Waals surface area contributed by atoms with Gasteiger partial charge in [0.25, 0.3) is 0 Å². The van der Waals surface area contributed by atoms with E-state index in [4.69, 9.17) is 20.2 Å². The highest BCUT2D eigenvalue weighted by atomic mass is 16.6. The lowest BCUT2D eigenvalue weighted by Gasteiger charge is -2.09. The van der Waals surface area contributed by atoms with E-state index in [9.17, 15) is 4.79 Å². The molecule has 0 atom stereocenters. The van der Waals surface area contributed by atoms with Crippen molar-refractivity contribution in [3.63, 3.8) is 0 Å². The Hall–Kier alpha value is -2.87. The average molecular weight is 290 g/mol. The molecule has 0 radical (unpaired) electrons. The zero-order chi connectivity index (χ0) is 15.1. The van der Waals surface area contributed by atoms with Gasteiger partial charge in [0.2, 0.25) is 0 Å². The summed E-state index contributed by atoms with van der Waals surface area (Å²) in [5.41, 5.74) is 5.68. The summed E-state index contributed by atoms with van der Waals surface area (Å²) in [6.45, 7) is -0.0716. The van der Waals surface area contributed by atoms with E-state index >= 15 is 0 Å². The summed E-state index contributed by atoms with van der Waals surface area (Å²) in [7, 11) is 0. The Morgan fingerprint density at radius 2 is 2.38 bits per heavy atom. The van der Waals surface area contributed by atoms with Crippen LogP contribution in [0.3, 0.4) is 0 Å². The first-order valence-electron chi connectivity index (χ1n) is 6.08. The number of aromatic nitrogens is 1. The summed E-state index contributed by atoms with van der Waals surface area (Å²) in [5.74, 6) is 1.17. The number of carbonyl (C=O) groups is 1. The fourth-order valence-corrected chi connectivity index (χ4v) is 1.47. The number of hydrogen-bond donors (Lipinski definition) is 2. The molecule has 0 saturated heterocycles. The van der Waals surface area contributed by atoms with E-state index in [0.717, 1.165) is 5.56 Å². The van der Waals surface area contributed by atoms with Crippen molar-refractivity contribution < 1.29 is 19.3 Å². The predicted molar refractivity (Wildman–Crippen MR) is 73.6 cm³/mol. The van der Waals surface area contributed by atoms with Gasteiger partial charge in [-0.15, -0.1) is 0 Å². The van der Waals surface area contributed by atoms with Crippen molar-refractivity contribution in [2.45, 2.75) is 0 Å². The molecule has 0 spiro atoms. The lowest BCUT2D eigenvalue weighted by atomic mass is 10.2. The van der Waals surface area contributed by atoms with E-state index in [2.05, 4.69) is 10.1 Å². The third kappa shape index (κ3) is 4.32. The number of oxime groups is 1. The Kier molecular flexibility index (Phi) is 4.89. The standard InChI is InChI=1S/C13H14N4O4/c14-13(18)17(19)6-7-20-16-9-11-3-4-12(21-11)10-2-1-5-15-8-10/h1-5,8-9,19H,6-7H2,(H2,14,18)/b16-9+. The molecule has 2 aromatic rings. The number of nitrogens with two attached hydrogens (primary N) is 1. The summed E-state index contributed by atoms with van der Waals surface area (Å²) >= 11 is 0. The van der Waals surface area contributed by atoms with Crippen LogP contribution >= 0.6 is 0 Å². The van der Waals surface area contributed by atoms with Gasteiger partial charge in [0, 0.05) is 18.0 Å². The zero-order valence-corrected chi connectivity index (χ0v) is 11.0. The number of carbonyl (C=O) groups excluding carboxylic acids is 1. The monoisotopic (exact) mass is 290 g/mol. The molecule has 8 nitrogen and oxygen atoms in total. The van der Waals surface area contributed by atoms with Crippen LogP contribution < -0.4 is 5.73 Å². The van der Waals surface area contributed by atoms with E-state index in [1.54, 1.807) is 24.5 Å². The van der Waals surface area contributed by atoms with Crippen LogP contribution in [0, 0.1) is 0 Å². The SMILES string of the molecule is NC(=O)N(O)CCO/N=C/c1ccc(-c2cccnc2)o1. The van der Waals surface area contributed by atoms with E-state index < -0.39 is 6.03 Å². The van der Waals surface area contributed by atoms with Crippen molar-refractivity contribution in [1.29, 1.82) is 0 Å². The predicted octanol–water partition coefficient (Wildman–Crippen LogP) is 1.46. The number of urea groups is 1. The molecule has 8 heteroatoms. The average Bonchev–Trinajstić information content (AvgIpc) is 2.96. The van der Waals surface area contributed by atoms with Crippen LogP contribution in [0.5, 0.6) is 0 Å². The highest BCUT2D eigenvalue weighted by molar-refractivity contribution is 5.76. The van der Waals surface area contributed by atoms with Crippen molar-refractivity contribution in [3.8, 4) is 11.3 Å². The first-order chi connectivity index (χ1) is 10.2. The largest absolute Gasteiger partial charge is 0.455 e. The Labute approximate surface area is 120 Å². The molecule has 2 aromatic heterocycles. The third-order valence-electron chi connectivity index (χ3n) is 2.48. The molecule has 2 heterocycles. The molecular formula is C13H14N4O4. The van der Waals surface area contributed by atoms with Gasteiger partial charge >= 0.3 is 6.03 Å². The molecule has 2 amide bonds. The summed E-state index contributed by atoms with van der Waals surface area (Å²) in [6, 6.07) is 6.27. The van der Waals surface area contributed by atoms with Gasteiger partial charge in [-0.1, -0.05) is 5.16 Å². The van der Waals surface area contributed by atoms with Crippen LogP contribution in [0.25, 0.3) is 11.3 Å². The number of amides is 2. The van der Waals surface area contributed by atoms with Crippen LogP contribution in [-0.4, -0.2) is 40.7 Å². The second-order valence-electron chi connectivity index (χ2n) is 3.97. The second-order valence-corrected chi connectivity index (χ2v) is 3.97. The smallest absolute Gasteiger partial charge is 0.338 e. The summed E-state index contributed by atoms with van der Waals surface area (Å²) in [5, 5.41) is 13.0. The second kappa shape index (κ2) is 7.06. The fourth-order valence-electron chi connectivity index (χ4n) is 1.47. The highest BCUT2D eigenvalue weighted by Crippen LogP contribution is 2.19. The van der Waals surface area contributed by atoms with Crippen LogP contribution in [0.2, 0.25) is 0 Å². The number of nitrogens with zero attached hydrogens (tertiary/aromatic N) is 3. The summed E-state index contributed by atoms with van der Waals surface area (Å²) in [6.07, 6.45) is 4.75. The summed E-state index contributed by atoms with van der Waals surface area (Å²) in [4.78, 5) is 19.4. The van der Waals surface area contributed by atoms with Gasteiger partial charge in [-0.3, -0.25) is 10.2 Å². The molecule has 21 heavy (non-hydrogen) atoms. The number of pyridine rings is 1. The minimum absolute atomic E-state index is 0.00606. The van der Waals surface area contributed by atoms with Crippen molar-refractivity contribution in [3.05, 3.63) is 42.4 Å². The molecule has 2 rings (SSSR count). The van der Waals surface area contributed by atoms with E-state index in [-0.39, 0.29) is 13.2 Å². The third-order valence-corrected chi connectivity index (χ3v) is 2.48. The van der Waals surface area contributed by atoms with Crippen molar-refractivity contribution in [2.24, 2.45) is 10.9 Å². The number of hydroxylamine groups is 2. The van der Waals surface area contributed by atoms with Gasteiger partial charge < -0.3 is 15.0 Å². The number of primary amides is 1. The fraction of sp³-hybridized carbons (Fsp3) is 0.154. The number of furan rings is 1. The molecule has 0 aliphatic carbocycles. The van der Waals surface area contributed by atoms with Crippen molar-refractivity contribution in [1.82, 2.24) is 10.0 Å². The molecule has 0 fully saturated rings. The van der Waals surface area contributed by atoms with Gasteiger partial charge in [0.15, 0.2) is 0 Å². The maximum absolute atomic E-state index is 10.5. The Morgan fingerprint density at radius 1 is 1.52 bits per heavy atom. The topological polar surface area (TPSA) is 114 Å². The number of rotatable bonds is 6. The maximum atomic E-state index is 10.5. The lowest BCUT2D eigenvalue weighted by Crippen LogP contribution is -2.34. The Balaban J connectivity index is 1.83. The molecule has 110 valence electrons. The van der Waals surface area contributed by atoms with Gasteiger partial charge in [-0.2, -0.15) is 0 Å². The zero-order valence-electron chi connectivity index (χ0n) is 11.0. The van der Waals surface area contributed by atoms with Crippen molar-refractivity contribution in [2.75, 3.05) is 13.2 Å². The molecule has 0 aliphatic heterocycles. The normalized spacial score (nSPS) is 10.7. The Morgan fingerprint density at radius 3 is 3.10 bits per heavy atom. The van der Waals surface area contributed by atoms with Crippen LogP contribution in [0.4, 0.5) is 4.79 Å². The molecule has 0 bridgehead atoms. The van der Waals surface area contributed by atoms with E-state index in [1.165, 1.54) is 6.21 Å². The Bertz CT molecular complexity index is 612. The van der Waals surface area contributed by atoms with Crippen LogP contribution in [-0.2, 0) is 4.84 Å². The van der Waals surface area contributed by atoms with Gasteiger partial charge in [-0.25, -0.2) is 9.86 Å². The maximum Gasteiger partial charge on any atom is 0.338 e. The summed E-state index contributed by atoms with van der Waals surface area (Å²) < 4.78 is 5.53. The molecule has 0 aliphatic rings. The highest BCUT2D eigenvalue weighted by Gasteiger charge is 2.05. The van der Waals surface area contributed by atoms with Gasteiger partial charge in [0.05, 0.1) is 6.54 Å². The van der Waals surface area contributed by atoms with E-state index in [1.807, 2.05) is 12.1 Å². The quantitative estimate of drug-likeness (QED) is 0.362. The minimum Gasteiger partial charge on any atom is -0.455 e. The lowest BCUT2D eigenvalue weighted by molar-refractivity contribution is -0.0560. The minimum atomic E-state index is -0.949. The van der Waals surface area contributed by atoms with Crippen LogP contribution in [0.1, 0.15) is 5.76 Å². The number of hydrogen-bond acceptors (Lipinski definition) is 6. The van der Waals surface area contributed by atoms with Crippen LogP contribution in [0.15, 0.2) is 46.2 Å². The van der Waals surface area contributed by atoms with Crippen molar-refractivity contribution >= 4 is 12.2 Å². The molecular weight excluding hydrogens is 276 g/mol.